The van der Waals surface area contributed by atoms with Crippen molar-refractivity contribution in [2.75, 3.05) is 0 Å². The number of hydrogen-bond donors (Lipinski definition) is 1. The first-order valence-corrected chi connectivity index (χ1v) is 6.14. The van der Waals surface area contributed by atoms with Gasteiger partial charge in [0.1, 0.15) is 0 Å². The minimum Gasteiger partial charge on any atom is -0.336 e. The van der Waals surface area contributed by atoms with Crippen molar-refractivity contribution >= 4 is 69.6 Å². The average Bonchev–Trinajstić information content (AvgIpc) is 2.66. The molecule has 0 saturated heterocycles. The molecule has 0 amide bonds. The molecular weight excluding hydrogens is 250 g/mol. The Labute approximate surface area is 137 Å². The van der Waals surface area contributed by atoms with Gasteiger partial charge in [-0.05, 0) is 12.1 Å². The summed E-state index contributed by atoms with van der Waals surface area (Å²) < 4.78 is 13.7. The molecule has 1 aromatic heterocycles. The van der Waals surface area contributed by atoms with Crippen molar-refractivity contribution in [1.82, 2.24) is 9.55 Å². The molecule has 1 atom stereocenters. The van der Waals surface area contributed by atoms with Crippen LogP contribution >= 0.6 is 7.37 Å². The predicted molar refractivity (Wildman–Crippen MR) is 64.5 cm³/mol. The molecule has 6 heteroatoms. The van der Waals surface area contributed by atoms with Crippen LogP contribution in [0.1, 0.15) is 0 Å². The molecule has 0 aliphatic rings. The molecule has 1 aromatic carbocycles. The third-order valence-electron chi connectivity index (χ3n) is 2.17. The topological polar surface area (TPSA) is 55.1 Å². The van der Waals surface area contributed by atoms with Gasteiger partial charge in [0.25, 0.3) is 7.37 Å². The van der Waals surface area contributed by atoms with Crippen molar-refractivity contribution < 1.29 is 9.46 Å². The molecule has 4 nitrogen and oxygen atoms in total. The van der Waals surface area contributed by atoms with Crippen molar-refractivity contribution in [2.45, 2.75) is 0 Å². The normalized spacial score (nSPS) is 13.9. The number of aryl methyl sites for hydroxylation is 1. The Morgan fingerprint density at radius 3 is 2.44 bits per heavy atom. The molecule has 1 N–H and O–H groups in total. The molecule has 79 valence electrons. The number of benzene rings is 1. The van der Waals surface area contributed by atoms with Crippen LogP contribution in [0.4, 0.5) is 0 Å². The summed E-state index contributed by atoms with van der Waals surface area (Å²) in [6, 6.07) is 8.55. The van der Waals surface area contributed by atoms with Gasteiger partial charge in [-0.3, -0.25) is 4.57 Å². The summed E-state index contributed by atoms with van der Waals surface area (Å²) in [6.07, 6.45) is 3.17. The first-order valence-electron chi connectivity index (χ1n) is 4.48. The molecule has 0 spiro atoms. The van der Waals surface area contributed by atoms with Crippen molar-refractivity contribution in [1.29, 1.82) is 0 Å². The molecule has 2 aromatic rings. The fraction of sp³-hybridized carbons (Fsp3) is 0.100. The molecule has 2 rings (SSSR count). The standard InChI is InChI=1S/C10H11N2O2P.K/c1-12-8-7-11-10(12)15(13,14)9-5-3-2-4-6-9;/h2-8H,1H3,(H,13,14);. The monoisotopic (exact) mass is 261 g/mol. The van der Waals surface area contributed by atoms with Crippen LogP contribution in [-0.2, 0) is 11.6 Å². The summed E-state index contributed by atoms with van der Waals surface area (Å²) in [5.41, 5.74) is 0.203. The summed E-state index contributed by atoms with van der Waals surface area (Å²) in [5.74, 6) is 0. The van der Waals surface area contributed by atoms with Crippen LogP contribution in [0.5, 0.6) is 0 Å². The van der Waals surface area contributed by atoms with Gasteiger partial charge in [0, 0.05) is 76.1 Å². The minimum atomic E-state index is -3.54. The van der Waals surface area contributed by atoms with E-state index in [9.17, 15) is 9.46 Å². The second-order valence-corrected chi connectivity index (χ2v) is 5.32. The van der Waals surface area contributed by atoms with Gasteiger partial charge in [-0.25, -0.2) is 4.98 Å². The molecule has 1 heterocycles. The van der Waals surface area contributed by atoms with E-state index in [0.29, 0.717) is 5.30 Å². The van der Waals surface area contributed by atoms with Gasteiger partial charge in [0.05, 0.1) is 0 Å². The van der Waals surface area contributed by atoms with Crippen LogP contribution in [0.3, 0.4) is 0 Å². The van der Waals surface area contributed by atoms with E-state index in [1.54, 1.807) is 42.1 Å². The predicted octanol–water partition coefficient (Wildman–Crippen LogP) is 0.260. The Bertz CT molecular complexity index is 513. The summed E-state index contributed by atoms with van der Waals surface area (Å²) >= 11 is 0. The number of hydrogen-bond acceptors (Lipinski definition) is 2. The van der Waals surface area contributed by atoms with Crippen LogP contribution in [0.25, 0.3) is 0 Å². The van der Waals surface area contributed by atoms with E-state index >= 15 is 0 Å². The number of nitrogens with zero attached hydrogens (tertiary/aromatic N) is 2. The second-order valence-electron chi connectivity index (χ2n) is 3.25. The molecule has 0 aliphatic carbocycles. The molecule has 0 bridgehead atoms. The fourth-order valence-electron chi connectivity index (χ4n) is 1.40. The fourth-order valence-corrected chi connectivity index (χ4v) is 2.92. The van der Waals surface area contributed by atoms with E-state index in [4.69, 9.17) is 0 Å². The van der Waals surface area contributed by atoms with Gasteiger partial charge in [-0.2, -0.15) is 0 Å². The van der Waals surface area contributed by atoms with Crippen LogP contribution < -0.4 is 10.9 Å². The first kappa shape index (κ1) is 14.3. The maximum Gasteiger partial charge on any atom is 0.293 e. The van der Waals surface area contributed by atoms with Crippen molar-refractivity contribution in [3.05, 3.63) is 42.7 Å². The largest absolute Gasteiger partial charge is 0.336 e. The molecule has 0 saturated carbocycles. The molecule has 0 fully saturated rings. The van der Waals surface area contributed by atoms with E-state index in [2.05, 4.69) is 4.98 Å². The number of aromatic nitrogens is 2. The Morgan fingerprint density at radius 1 is 1.31 bits per heavy atom. The van der Waals surface area contributed by atoms with Gasteiger partial charge < -0.3 is 9.46 Å². The van der Waals surface area contributed by atoms with E-state index in [-0.39, 0.29) is 57.0 Å². The molecule has 1 unspecified atom stereocenters. The van der Waals surface area contributed by atoms with Crippen molar-refractivity contribution in [3.8, 4) is 0 Å². The smallest absolute Gasteiger partial charge is 0.293 e. The molecule has 1 radical (unpaired) electrons. The maximum atomic E-state index is 12.2. The van der Waals surface area contributed by atoms with Crippen molar-refractivity contribution in [3.63, 3.8) is 0 Å². The summed E-state index contributed by atoms with van der Waals surface area (Å²) in [6.45, 7) is 0. The Kier molecular flexibility index (Phi) is 5.13. The summed E-state index contributed by atoms with van der Waals surface area (Å²) in [7, 11) is -1.83. The summed E-state index contributed by atoms with van der Waals surface area (Å²) in [4.78, 5) is 13.9. The van der Waals surface area contributed by atoms with Gasteiger partial charge in [0.15, 0.2) is 5.57 Å². The van der Waals surface area contributed by atoms with Crippen LogP contribution in [0.2, 0.25) is 0 Å². The van der Waals surface area contributed by atoms with E-state index in [1.807, 2.05) is 6.07 Å². The minimum absolute atomic E-state index is 0. The quantitative estimate of drug-likeness (QED) is 0.623. The molecule has 0 aliphatic heterocycles. The zero-order valence-corrected chi connectivity index (χ0v) is 13.3. The van der Waals surface area contributed by atoms with Gasteiger partial charge in [-0.1, -0.05) is 18.2 Å². The third-order valence-corrected chi connectivity index (χ3v) is 4.14. The van der Waals surface area contributed by atoms with Gasteiger partial charge >= 0.3 is 0 Å². The van der Waals surface area contributed by atoms with E-state index in [1.165, 1.54) is 6.20 Å². The second kappa shape index (κ2) is 5.73. The van der Waals surface area contributed by atoms with Crippen LogP contribution in [0, 0.1) is 0 Å². The van der Waals surface area contributed by atoms with Gasteiger partial charge in [-0.15, -0.1) is 0 Å². The first-order chi connectivity index (χ1) is 7.12. The average molecular weight is 261 g/mol. The third kappa shape index (κ3) is 2.74. The van der Waals surface area contributed by atoms with Crippen LogP contribution in [-0.4, -0.2) is 65.8 Å². The summed E-state index contributed by atoms with van der Waals surface area (Å²) in [5, 5.41) is 0.402. The zero-order valence-electron chi connectivity index (χ0n) is 9.24. The van der Waals surface area contributed by atoms with Gasteiger partial charge in [0.2, 0.25) is 0 Å². The Morgan fingerprint density at radius 2 is 1.94 bits per heavy atom. The number of imidazole rings is 1. The van der Waals surface area contributed by atoms with Crippen molar-refractivity contribution in [2.24, 2.45) is 7.05 Å². The molecule has 16 heavy (non-hydrogen) atoms. The maximum absolute atomic E-state index is 12.2. The number of rotatable bonds is 2. The molecular formula is C10H11KN2O2P. The Hall–Kier alpha value is 0.256. The van der Waals surface area contributed by atoms with Crippen LogP contribution in [0.15, 0.2) is 42.7 Å². The SMILES string of the molecule is Cn1ccnc1P(=O)(O)c1ccccc1.[K]. The van der Waals surface area contributed by atoms with E-state index in [0.717, 1.165) is 0 Å². The van der Waals surface area contributed by atoms with E-state index < -0.39 is 7.37 Å². The Balaban J connectivity index is 0.00000128. The zero-order chi connectivity index (χ0) is 10.9.